The Hall–Kier alpha value is -2.87. The van der Waals surface area contributed by atoms with Crippen molar-refractivity contribution in [1.29, 1.82) is 0 Å². The molecule has 0 spiro atoms. The summed E-state index contributed by atoms with van der Waals surface area (Å²) in [6.45, 7) is 12.5. The van der Waals surface area contributed by atoms with Gasteiger partial charge in [0.2, 0.25) is 17.7 Å². The summed E-state index contributed by atoms with van der Waals surface area (Å²) in [5.41, 5.74) is 6.05. The van der Waals surface area contributed by atoms with Crippen LogP contribution < -0.4 is 21.7 Å². The fraction of sp³-hybridized carbons (Fsp3) is 0.767. The first-order chi connectivity index (χ1) is 20.5. The summed E-state index contributed by atoms with van der Waals surface area (Å²) < 4.78 is 21.1. The Morgan fingerprint density at radius 1 is 0.698 bits per heavy atom. The van der Waals surface area contributed by atoms with Gasteiger partial charge in [-0.3, -0.25) is 24.0 Å². The molecule has 0 bridgehead atoms. The summed E-state index contributed by atoms with van der Waals surface area (Å²) >= 11 is 0. The number of hydrogen-bond acceptors (Lipinski definition) is 10. The number of primary amides is 1. The Morgan fingerprint density at radius 3 is 1.93 bits per heavy atom. The molecule has 0 aromatic heterocycles. The van der Waals surface area contributed by atoms with Crippen molar-refractivity contribution in [2.45, 2.75) is 65.7 Å². The molecule has 0 saturated heterocycles. The van der Waals surface area contributed by atoms with E-state index >= 15 is 0 Å². The Morgan fingerprint density at radius 2 is 1.30 bits per heavy atom. The molecule has 248 valence electrons. The van der Waals surface area contributed by atoms with E-state index in [2.05, 4.69) is 22.5 Å². The first kappa shape index (κ1) is 40.1. The molecule has 0 radical (unpaired) electrons. The van der Waals surface area contributed by atoms with E-state index in [-0.39, 0.29) is 67.4 Å². The molecule has 0 unspecified atom stereocenters. The van der Waals surface area contributed by atoms with E-state index in [1.54, 1.807) is 13.8 Å². The third-order valence-electron chi connectivity index (χ3n) is 6.24. The van der Waals surface area contributed by atoms with E-state index in [4.69, 9.17) is 24.7 Å². The van der Waals surface area contributed by atoms with Gasteiger partial charge in [0.1, 0.15) is 19.0 Å². The van der Waals surface area contributed by atoms with Crippen LogP contribution in [0.15, 0.2) is 12.3 Å². The van der Waals surface area contributed by atoms with Crippen molar-refractivity contribution in [3.63, 3.8) is 0 Å². The van der Waals surface area contributed by atoms with Gasteiger partial charge in [0.15, 0.2) is 5.78 Å². The summed E-state index contributed by atoms with van der Waals surface area (Å²) in [4.78, 5) is 57.9. The highest BCUT2D eigenvalue weighted by atomic mass is 16.5. The van der Waals surface area contributed by atoms with Crippen LogP contribution in [0.2, 0.25) is 0 Å². The summed E-state index contributed by atoms with van der Waals surface area (Å²) in [5, 5.41) is 8.69. The SMILES string of the molecule is C=C(CCCC(=O)C[C@@H](C)C(=O)NCCCC[C@H](C)C(N)=O)NCCOCCOCC(=O)NCCOCCOCC(C)=O. The lowest BCUT2D eigenvalue weighted by molar-refractivity contribution is -0.129. The number of allylic oxidation sites excluding steroid dienone is 1. The zero-order chi connectivity index (χ0) is 32.3. The van der Waals surface area contributed by atoms with Crippen LogP contribution in [0.1, 0.15) is 65.7 Å². The summed E-state index contributed by atoms with van der Waals surface area (Å²) in [7, 11) is 0. The number of ether oxygens (including phenoxy) is 4. The van der Waals surface area contributed by atoms with E-state index in [0.717, 1.165) is 18.5 Å². The molecule has 13 heteroatoms. The van der Waals surface area contributed by atoms with Crippen LogP contribution in [0.25, 0.3) is 0 Å². The zero-order valence-electron chi connectivity index (χ0n) is 26.3. The summed E-state index contributed by atoms with van der Waals surface area (Å²) in [6.07, 6.45) is 4.15. The maximum Gasteiger partial charge on any atom is 0.246 e. The Labute approximate surface area is 256 Å². The average molecular weight is 615 g/mol. The van der Waals surface area contributed by atoms with Crippen molar-refractivity contribution < 1.29 is 42.9 Å². The fourth-order valence-corrected chi connectivity index (χ4v) is 3.66. The molecule has 2 atom stereocenters. The number of unbranched alkanes of at least 4 members (excludes halogenated alkanes) is 1. The van der Waals surface area contributed by atoms with Crippen molar-refractivity contribution in [3.05, 3.63) is 12.3 Å². The number of nitrogens with one attached hydrogen (secondary N) is 3. The van der Waals surface area contributed by atoms with Crippen molar-refractivity contribution in [3.8, 4) is 0 Å². The Balaban J connectivity index is 3.61. The second-order valence-corrected chi connectivity index (χ2v) is 10.5. The van der Waals surface area contributed by atoms with Crippen molar-refractivity contribution in [2.75, 3.05) is 72.5 Å². The first-order valence-corrected chi connectivity index (χ1v) is 15.1. The van der Waals surface area contributed by atoms with Gasteiger partial charge in [-0.25, -0.2) is 0 Å². The van der Waals surface area contributed by atoms with Gasteiger partial charge in [-0.2, -0.15) is 0 Å². The smallest absolute Gasteiger partial charge is 0.246 e. The second-order valence-electron chi connectivity index (χ2n) is 10.5. The van der Waals surface area contributed by atoms with Gasteiger partial charge in [-0.05, 0) is 32.6 Å². The highest BCUT2D eigenvalue weighted by Gasteiger charge is 2.16. The van der Waals surface area contributed by atoms with Crippen LogP contribution in [0, 0.1) is 11.8 Å². The van der Waals surface area contributed by atoms with Crippen molar-refractivity contribution in [1.82, 2.24) is 16.0 Å². The van der Waals surface area contributed by atoms with Gasteiger partial charge in [0.05, 0.1) is 39.6 Å². The minimum Gasteiger partial charge on any atom is -0.387 e. The number of carbonyl (C=O) groups excluding carboxylic acids is 5. The molecular formula is C30H54N4O9. The van der Waals surface area contributed by atoms with E-state index in [1.165, 1.54) is 6.92 Å². The standard InChI is InChI=1S/C30H54N4O9/c1-23(29(31)38)8-5-6-11-34-30(39)24(2)20-27(36)10-7-9-25(3)32-12-14-40-17-19-43-22-28(37)33-13-15-41-16-18-42-21-26(4)35/h23-24,32H,3,5-22H2,1-2,4H3,(H2,31,38)(H,33,37)(H,34,39)/t23-,24+/m0/s1. The quantitative estimate of drug-likeness (QED) is 0.0852. The van der Waals surface area contributed by atoms with E-state index < -0.39 is 0 Å². The van der Waals surface area contributed by atoms with E-state index in [9.17, 15) is 24.0 Å². The number of carbonyl (C=O) groups is 5. The summed E-state index contributed by atoms with van der Waals surface area (Å²) in [5.74, 6) is -1.24. The monoisotopic (exact) mass is 614 g/mol. The molecule has 0 aliphatic carbocycles. The van der Waals surface area contributed by atoms with Gasteiger partial charge >= 0.3 is 0 Å². The molecule has 3 amide bonds. The molecule has 0 rings (SSSR count). The summed E-state index contributed by atoms with van der Waals surface area (Å²) in [6, 6.07) is 0. The molecule has 0 saturated carbocycles. The molecule has 0 aliphatic rings. The van der Waals surface area contributed by atoms with Crippen LogP contribution in [-0.2, 0) is 42.9 Å². The van der Waals surface area contributed by atoms with Crippen LogP contribution in [0.4, 0.5) is 0 Å². The Bertz CT molecular complexity index is 838. The van der Waals surface area contributed by atoms with E-state index in [1.807, 2.05) is 0 Å². The number of ketones is 2. The number of Topliss-reactive ketones (excluding diaryl/α,β-unsaturated/α-hetero) is 2. The van der Waals surface area contributed by atoms with Gasteiger partial charge in [0, 0.05) is 50.0 Å². The molecule has 0 aromatic rings. The number of amides is 3. The fourth-order valence-electron chi connectivity index (χ4n) is 3.66. The molecule has 13 nitrogen and oxygen atoms in total. The van der Waals surface area contributed by atoms with Gasteiger partial charge in [-0.1, -0.05) is 26.8 Å². The zero-order valence-corrected chi connectivity index (χ0v) is 26.3. The average Bonchev–Trinajstić information content (AvgIpc) is 2.95. The normalized spacial score (nSPS) is 12.3. The molecule has 43 heavy (non-hydrogen) atoms. The highest BCUT2D eigenvalue weighted by Crippen LogP contribution is 2.10. The van der Waals surface area contributed by atoms with Gasteiger partial charge in [0.25, 0.3) is 0 Å². The van der Waals surface area contributed by atoms with Crippen LogP contribution in [-0.4, -0.2) is 102 Å². The first-order valence-electron chi connectivity index (χ1n) is 15.1. The maximum atomic E-state index is 12.3. The van der Waals surface area contributed by atoms with Crippen molar-refractivity contribution in [2.24, 2.45) is 17.6 Å². The molecule has 0 aromatic carbocycles. The number of hydrogen-bond donors (Lipinski definition) is 4. The van der Waals surface area contributed by atoms with Gasteiger partial charge < -0.3 is 40.6 Å². The van der Waals surface area contributed by atoms with Crippen LogP contribution in [0.5, 0.6) is 0 Å². The predicted octanol–water partition coefficient (Wildman–Crippen LogP) is 1.03. The largest absolute Gasteiger partial charge is 0.387 e. The third-order valence-corrected chi connectivity index (χ3v) is 6.24. The third kappa shape index (κ3) is 26.5. The predicted molar refractivity (Wildman–Crippen MR) is 162 cm³/mol. The highest BCUT2D eigenvalue weighted by molar-refractivity contribution is 5.86. The minimum absolute atomic E-state index is 0.0387. The van der Waals surface area contributed by atoms with Crippen LogP contribution >= 0.6 is 0 Å². The van der Waals surface area contributed by atoms with Crippen LogP contribution in [0.3, 0.4) is 0 Å². The lowest BCUT2D eigenvalue weighted by atomic mass is 10.00. The lowest BCUT2D eigenvalue weighted by Gasteiger charge is -2.13. The van der Waals surface area contributed by atoms with E-state index in [0.29, 0.717) is 78.4 Å². The van der Waals surface area contributed by atoms with Gasteiger partial charge in [-0.15, -0.1) is 0 Å². The molecular weight excluding hydrogens is 560 g/mol. The second kappa shape index (κ2) is 26.7. The number of nitrogens with two attached hydrogens (primary N) is 1. The number of rotatable bonds is 30. The molecule has 5 N–H and O–H groups in total. The minimum atomic E-state index is -0.384. The topological polar surface area (TPSA) is 184 Å². The Kier molecular flexibility index (Phi) is 25.0. The molecule has 0 aliphatic heterocycles. The lowest BCUT2D eigenvalue weighted by Crippen LogP contribution is -2.31. The molecule has 0 fully saturated rings. The maximum absolute atomic E-state index is 12.3. The molecule has 0 heterocycles. The van der Waals surface area contributed by atoms with Crippen molar-refractivity contribution >= 4 is 29.3 Å².